The number of esters is 1. The van der Waals surface area contributed by atoms with Crippen LogP contribution in [0.3, 0.4) is 0 Å². The Bertz CT molecular complexity index is 732. The molecule has 0 bridgehead atoms. The summed E-state index contributed by atoms with van der Waals surface area (Å²) in [6.45, 7) is 7.71. The lowest BCUT2D eigenvalue weighted by Gasteiger charge is -2.29. The van der Waals surface area contributed by atoms with Crippen LogP contribution in [0.15, 0.2) is 65.8 Å². The van der Waals surface area contributed by atoms with Crippen molar-refractivity contribution in [2.75, 3.05) is 6.61 Å². The molecule has 1 atom stereocenters. The summed E-state index contributed by atoms with van der Waals surface area (Å²) in [7, 11) is 0. The van der Waals surface area contributed by atoms with E-state index in [2.05, 4.69) is 49.9 Å². The van der Waals surface area contributed by atoms with Crippen LogP contribution in [-0.4, -0.2) is 12.6 Å². The molecule has 0 saturated heterocycles. The number of carbonyl (C=O) groups excluding carboxylic acids is 1. The lowest BCUT2D eigenvalue weighted by molar-refractivity contribution is -0.137. The van der Waals surface area contributed by atoms with Gasteiger partial charge in [-0.3, -0.25) is 0 Å². The molecule has 22 heavy (non-hydrogen) atoms. The van der Waals surface area contributed by atoms with Crippen LogP contribution in [0.4, 0.5) is 0 Å². The average molecular weight is 292 g/mol. The fourth-order valence-electron chi connectivity index (χ4n) is 3.07. The van der Waals surface area contributed by atoms with E-state index in [1.165, 1.54) is 22.3 Å². The summed E-state index contributed by atoms with van der Waals surface area (Å²) < 4.78 is 5.43. The van der Waals surface area contributed by atoms with Gasteiger partial charge in [-0.15, -0.1) is 0 Å². The number of hydrogen-bond acceptors (Lipinski definition) is 2. The molecule has 0 heterocycles. The predicted octanol–water partition coefficient (Wildman–Crippen LogP) is 4.25. The Hall–Kier alpha value is -2.35. The van der Waals surface area contributed by atoms with E-state index in [9.17, 15) is 4.79 Å². The summed E-state index contributed by atoms with van der Waals surface area (Å²) in [6, 6.07) is 8.38. The SMILES string of the molecule is C=C(C)C(=O)OCC1=C2C=C(C)C=CC2Cc2ccccc21. The first-order chi connectivity index (χ1) is 10.6. The summed E-state index contributed by atoms with van der Waals surface area (Å²) in [4.78, 5) is 11.7. The zero-order valence-electron chi connectivity index (χ0n) is 13.1. The maximum Gasteiger partial charge on any atom is 0.333 e. The maximum atomic E-state index is 11.7. The number of hydrogen-bond donors (Lipinski definition) is 0. The van der Waals surface area contributed by atoms with Crippen LogP contribution in [0.5, 0.6) is 0 Å². The van der Waals surface area contributed by atoms with Gasteiger partial charge in [-0.05, 0) is 37.0 Å². The highest BCUT2D eigenvalue weighted by molar-refractivity contribution is 5.88. The van der Waals surface area contributed by atoms with Crippen molar-refractivity contribution < 1.29 is 9.53 Å². The van der Waals surface area contributed by atoms with E-state index in [-0.39, 0.29) is 5.97 Å². The lowest BCUT2D eigenvalue weighted by atomic mass is 9.76. The van der Waals surface area contributed by atoms with Crippen molar-refractivity contribution in [3.8, 4) is 0 Å². The third kappa shape index (κ3) is 2.69. The van der Waals surface area contributed by atoms with Gasteiger partial charge in [-0.2, -0.15) is 0 Å². The molecule has 2 heteroatoms. The van der Waals surface area contributed by atoms with E-state index in [1.807, 2.05) is 6.07 Å². The summed E-state index contributed by atoms with van der Waals surface area (Å²) in [5, 5.41) is 0. The Morgan fingerprint density at radius 2 is 2.14 bits per heavy atom. The molecule has 0 fully saturated rings. The highest BCUT2D eigenvalue weighted by Gasteiger charge is 2.26. The first kappa shape index (κ1) is 14.6. The zero-order chi connectivity index (χ0) is 15.7. The van der Waals surface area contributed by atoms with E-state index in [0.717, 1.165) is 12.0 Å². The topological polar surface area (TPSA) is 26.3 Å². The summed E-state index contributed by atoms with van der Waals surface area (Å²) in [5.74, 6) is 0.0388. The average Bonchev–Trinajstić information content (AvgIpc) is 2.51. The lowest BCUT2D eigenvalue weighted by Crippen LogP contribution is -2.19. The number of benzene rings is 1. The molecule has 2 aliphatic rings. The van der Waals surface area contributed by atoms with E-state index in [0.29, 0.717) is 18.1 Å². The molecule has 1 unspecified atom stereocenters. The quantitative estimate of drug-likeness (QED) is 0.615. The molecule has 3 rings (SSSR count). The number of ether oxygens (including phenoxy) is 1. The Morgan fingerprint density at radius 3 is 2.91 bits per heavy atom. The first-order valence-corrected chi connectivity index (χ1v) is 7.56. The largest absolute Gasteiger partial charge is 0.457 e. The van der Waals surface area contributed by atoms with Crippen LogP contribution >= 0.6 is 0 Å². The first-order valence-electron chi connectivity index (χ1n) is 7.56. The van der Waals surface area contributed by atoms with Gasteiger partial charge >= 0.3 is 5.97 Å². The van der Waals surface area contributed by atoms with Gasteiger partial charge in [0.2, 0.25) is 0 Å². The smallest absolute Gasteiger partial charge is 0.333 e. The third-order valence-corrected chi connectivity index (χ3v) is 4.20. The van der Waals surface area contributed by atoms with Gasteiger partial charge in [0.1, 0.15) is 6.61 Å². The van der Waals surface area contributed by atoms with Crippen LogP contribution in [0, 0.1) is 5.92 Å². The minimum absolute atomic E-state index is 0.298. The summed E-state index contributed by atoms with van der Waals surface area (Å²) in [5.41, 5.74) is 6.56. The minimum atomic E-state index is -0.334. The van der Waals surface area contributed by atoms with E-state index >= 15 is 0 Å². The molecule has 1 aromatic rings. The van der Waals surface area contributed by atoms with Crippen molar-refractivity contribution in [3.63, 3.8) is 0 Å². The molecule has 0 N–H and O–H groups in total. The Morgan fingerprint density at radius 1 is 1.36 bits per heavy atom. The molecule has 0 amide bonds. The van der Waals surface area contributed by atoms with Crippen LogP contribution in [-0.2, 0) is 16.0 Å². The van der Waals surface area contributed by atoms with Gasteiger partial charge in [0.25, 0.3) is 0 Å². The monoisotopic (exact) mass is 292 g/mol. The minimum Gasteiger partial charge on any atom is -0.457 e. The number of carbonyl (C=O) groups is 1. The van der Waals surface area contributed by atoms with Crippen LogP contribution in [0.25, 0.3) is 5.57 Å². The Labute approximate surface area is 131 Å². The fraction of sp³-hybridized carbons (Fsp3) is 0.250. The molecule has 0 spiro atoms. The second-order valence-corrected chi connectivity index (χ2v) is 6.01. The highest BCUT2D eigenvalue weighted by Crippen LogP contribution is 2.38. The predicted molar refractivity (Wildman–Crippen MR) is 89.2 cm³/mol. The second-order valence-electron chi connectivity index (χ2n) is 6.01. The van der Waals surface area contributed by atoms with Gasteiger partial charge in [0, 0.05) is 17.1 Å². The van der Waals surface area contributed by atoms with Gasteiger partial charge < -0.3 is 4.74 Å². The van der Waals surface area contributed by atoms with Crippen molar-refractivity contribution in [1.29, 1.82) is 0 Å². The van der Waals surface area contributed by atoms with Crippen LogP contribution in [0.2, 0.25) is 0 Å². The number of allylic oxidation sites excluding steroid dienone is 5. The number of rotatable bonds is 3. The highest BCUT2D eigenvalue weighted by atomic mass is 16.5. The molecule has 0 saturated carbocycles. The van der Waals surface area contributed by atoms with Crippen molar-refractivity contribution in [3.05, 3.63) is 76.9 Å². The maximum absolute atomic E-state index is 11.7. The molecule has 1 aromatic carbocycles. The Kier molecular flexibility index (Phi) is 3.84. The van der Waals surface area contributed by atoms with Crippen LogP contribution < -0.4 is 0 Å². The molecule has 2 nitrogen and oxygen atoms in total. The van der Waals surface area contributed by atoms with Crippen molar-refractivity contribution in [2.45, 2.75) is 20.3 Å². The normalized spacial score (nSPS) is 19.2. The summed E-state index contributed by atoms with van der Waals surface area (Å²) in [6.07, 6.45) is 7.63. The standard InChI is InChI=1S/C20H20O2/c1-13(2)20(21)22-12-19-17-7-5-4-6-15(17)11-16-9-8-14(3)10-18(16)19/h4-10,16H,1,11-12H2,2-3H3. The molecule has 0 radical (unpaired) electrons. The van der Waals surface area contributed by atoms with Gasteiger partial charge in [-0.25, -0.2) is 4.79 Å². The second kappa shape index (κ2) is 5.80. The van der Waals surface area contributed by atoms with Crippen LogP contribution in [0.1, 0.15) is 25.0 Å². The van der Waals surface area contributed by atoms with Gasteiger partial charge in [-0.1, -0.05) is 54.6 Å². The molecule has 112 valence electrons. The van der Waals surface area contributed by atoms with E-state index in [4.69, 9.17) is 4.74 Å². The van der Waals surface area contributed by atoms with Crippen molar-refractivity contribution >= 4 is 11.5 Å². The zero-order valence-corrected chi connectivity index (χ0v) is 13.1. The number of fused-ring (bicyclic) bond motifs is 2. The molecule has 2 aliphatic carbocycles. The van der Waals surface area contributed by atoms with Gasteiger partial charge in [0.05, 0.1) is 0 Å². The molecule has 0 aromatic heterocycles. The van der Waals surface area contributed by atoms with Crippen molar-refractivity contribution in [1.82, 2.24) is 0 Å². The third-order valence-electron chi connectivity index (χ3n) is 4.20. The summed E-state index contributed by atoms with van der Waals surface area (Å²) >= 11 is 0. The molecular formula is C20H20O2. The fourth-order valence-corrected chi connectivity index (χ4v) is 3.07. The van der Waals surface area contributed by atoms with Gasteiger partial charge in [0.15, 0.2) is 0 Å². The van der Waals surface area contributed by atoms with E-state index < -0.39 is 0 Å². The Balaban J connectivity index is 2.02. The molecule has 0 aliphatic heterocycles. The molecular weight excluding hydrogens is 272 g/mol. The van der Waals surface area contributed by atoms with E-state index in [1.54, 1.807) is 6.92 Å². The van der Waals surface area contributed by atoms with Crippen molar-refractivity contribution in [2.24, 2.45) is 5.92 Å².